The summed E-state index contributed by atoms with van der Waals surface area (Å²) >= 11 is 0. The Hall–Kier alpha value is -0.120. The van der Waals surface area contributed by atoms with Crippen molar-refractivity contribution >= 4 is 0 Å². The second kappa shape index (κ2) is 8.03. The largest absolute Gasteiger partial charge is 0.387 e. The van der Waals surface area contributed by atoms with Crippen LogP contribution in [-0.4, -0.2) is 27.2 Å². The topological polar surface area (TPSA) is 60.7 Å². The summed E-state index contributed by atoms with van der Waals surface area (Å²) in [4.78, 5) is 0. The van der Waals surface area contributed by atoms with Crippen molar-refractivity contribution in [3.8, 4) is 0 Å². The Labute approximate surface area is 185 Å². The molecule has 4 aliphatic carbocycles. The average Bonchev–Trinajstić information content (AvgIpc) is 3.03. The Morgan fingerprint density at radius 2 is 1.53 bits per heavy atom. The third-order valence-corrected chi connectivity index (χ3v) is 11.2. The van der Waals surface area contributed by atoms with Gasteiger partial charge in [0.1, 0.15) is 6.10 Å². The van der Waals surface area contributed by atoms with Crippen LogP contribution in [0.1, 0.15) is 105 Å². The summed E-state index contributed by atoms with van der Waals surface area (Å²) in [6.45, 7) is 11.9. The van der Waals surface area contributed by atoms with Crippen LogP contribution in [0.15, 0.2) is 0 Å². The molecule has 0 aromatic heterocycles. The summed E-state index contributed by atoms with van der Waals surface area (Å²) in [5.41, 5.74) is -0.141. The molecule has 4 fully saturated rings. The van der Waals surface area contributed by atoms with Crippen LogP contribution in [0.25, 0.3) is 0 Å². The van der Waals surface area contributed by atoms with Crippen molar-refractivity contribution in [2.45, 2.75) is 117 Å². The minimum Gasteiger partial charge on any atom is -0.387 e. The van der Waals surface area contributed by atoms with E-state index in [-0.39, 0.29) is 0 Å². The highest BCUT2D eigenvalue weighted by Crippen LogP contribution is 2.69. The third-order valence-electron chi connectivity index (χ3n) is 11.2. The van der Waals surface area contributed by atoms with Crippen LogP contribution in [-0.2, 0) is 0 Å². The van der Waals surface area contributed by atoms with Gasteiger partial charge >= 0.3 is 0 Å². The fraction of sp³-hybridized carbons (Fsp3) is 1.00. The third kappa shape index (κ3) is 3.32. The molecule has 3 heteroatoms. The molecule has 3 nitrogen and oxygen atoms in total. The van der Waals surface area contributed by atoms with Gasteiger partial charge in [0.25, 0.3) is 0 Å². The number of hydrogen-bond donors (Lipinski definition) is 3. The minimum atomic E-state index is -1.94. The molecule has 0 aromatic rings. The van der Waals surface area contributed by atoms with E-state index in [0.29, 0.717) is 29.6 Å². The van der Waals surface area contributed by atoms with Gasteiger partial charge in [-0.1, -0.05) is 53.9 Å². The lowest BCUT2D eigenvalue weighted by Gasteiger charge is -2.64. The zero-order chi connectivity index (χ0) is 21.9. The maximum absolute atomic E-state index is 11.1. The van der Waals surface area contributed by atoms with Gasteiger partial charge in [-0.05, 0) is 98.2 Å². The fourth-order valence-electron chi connectivity index (χ4n) is 9.39. The molecule has 0 spiro atoms. The molecule has 3 N–H and O–H groups in total. The van der Waals surface area contributed by atoms with Crippen molar-refractivity contribution in [2.24, 2.45) is 52.3 Å². The number of hydrogen-bond acceptors (Lipinski definition) is 3. The molecular weight excluding hydrogens is 372 g/mol. The Morgan fingerprint density at radius 1 is 0.833 bits per heavy atom. The average molecular weight is 421 g/mol. The van der Waals surface area contributed by atoms with E-state index in [0.717, 1.165) is 42.9 Å². The number of rotatable bonds is 5. The summed E-state index contributed by atoms with van der Waals surface area (Å²) in [5.74, 6) is 2.50. The van der Waals surface area contributed by atoms with E-state index in [9.17, 15) is 15.3 Å². The van der Waals surface area contributed by atoms with E-state index >= 15 is 0 Å². The van der Waals surface area contributed by atoms with Gasteiger partial charge in [-0.25, -0.2) is 0 Å². The molecule has 0 bridgehead atoms. The Bertz CT molecular complexity index is 615. The molecule has 4 rings (SSSR count). The van der Waals surface area contributed by atoms with Crippen LogP contribution in [0, 0.1) is 52.3 Å². The van der Waals surface area contributed by atoms with E-state index < -0.39 is 17.3 Å². The lowest BCUT2D eigenvalue weighted by Crippen LogP contribution is -2.68. The number of aliphatic hydroxyl groups is 3. The van der Waals surface area contributed by atoms with Crippen LogP contribution >= 0.6 is 0 Å². The predicted molar refractivity (Wildman–Crippen MR) is 122 cm³/mol. The lowest BCUT2D eigenvalue weighted by atomic mass is 9.43. The standard InChI is InChI=1S/C27H48O3/c1-17(2)7-6-8-18(3)21-12-13-22-20-11-9-19-10-14-24(28)27(29,30)26(19,5)23(20)15-16-25(21,22)4/h17-24,28-30H,6-16H2,1-5H3/t18-,19?,20+,21-,22+,23+,24?,25-,26+/m1/s1. The fourth-order valence-corrected chi connectivity index (χ4v) is 9.39. The van der Waals surface area contributed by atoms with Crippen LogP contribution in [0.3, 0.4) is 0 Å². The first-order valence-electron chi connectivity index (χ1n) is 13.2. The summed E-state index contributed by atoms with van der Waals surface area (Å²) in [5, 5.41) is 32.8. The first-order chi connectivity index (χ1) is 14.0. The van der Waals surface area contributed by atoms with Crippen LogP contribution in [0.4, 0.5) is 0 Å². The molecule has 0 radical (unpaired) electrons. The Kier molecular flexibility index (Phi) is 6.17. The smallest absolute Gasteiger partial charge is 0.195 e. The molecule has 174 valence electrons. The minimum absolute atomic E-state index is 0.341. The van der Waals surface area contributed by atoms with Crippen molar-refractivity contribution < 1.29 is 15.3 Å². The molecule has 30 heavy (non-hydrogen) atoms. The molecule has 0 aromatic carbocycles. The van der Waals surface area contributed by atoms with E-state index in [2.05, 4.69) is 34.6 Å². The SMILES string of the molecule is CC(C)CCC[C@@H](C)[C@H]1CC[C@H]2[C@@H]3CCC4CCC(O)C(O)(O)[C@]4(C)[C@H]3CC[C@]12C. The van der Waals surface area contributed by atoms with Gasteiger partial charge in [0.05, 0.1) is 0 Å². The highest BCUT2D eigenvalue weighted by molar-refractivity contribution is 5.13. The number of aliphatic hydroxyl groups excluding tert-OH is 1. The molecular formula is C27H48O3. The van der Waals surface area contributed by atoms with Gasteiger partial charge in [-0.15, -0.1) is 0 Å². The maximum atomic E-state index is 11.1. The zero-order valence-corrected chi connectivity index (χ0v) is 20.2. The van der Waals surface area contributed by atoms with Crippen molar-refractivity contribution in [2.75, 3.05) is 0 Å². The summed E-state index contributed by atoms with van der Waals surface area (Å²) in [7, 11) is 0. The summed E-state index contributed by atoms with van der Waals surface area (Å²) < 4.78 is 0. The summed E-state index contributed by atoms with van der Waals surface area (Å²) in [6, 6.07) is 0. The van der Waals surface area contributed by atoms with Crippen molar-refractivity contribution in [3.05, 3.63) is 0 Å². The van der Waals surface area contributed by atoms with Gasteiger partial charge in [-0.2, -0.15) is 0 Å². The molecule has 0 heterocycles. The zero-order valence-electron chi connectivity index (χ0n) is 20.2. The second-order valence-corrected chi connectivity index (χ2v) is 12.8. The van der Waals surface area contributed by atoms with Crippen LogP contribution < -0.4 is 0 Å². The second-order valence-electron chi connectivity index (χ2n) is 12.8. The molecule has 4 saturated carbocycles. The number of fused-ring (bicyclic) bond motifs is 5. The van der Waals surface area contributed by atoms with Gasteiger partial charge in [0, 0.05) is 5.41 Å². The van der Waals surface area contributed by atoms with Crippen molar-refractivity contribution in [1.29, 1.82) is 0 Å². The van der Waals surface area contributed by atoms with Crippen molar-refractivity contribution in [3.63, 3.8) is 0 Å². The van der Waals surface area contributed by atoms with E-state index in [1.807, 2.05) is 0 Å². The maximum Gasteiger partial charge on any atom is 0.195 e. The molecule has 4 aliphatic rings. The molecule has 0 aliphatic heterocycles. The molecule has 0 saturated heterocycles. The van der Waals surface area contributed by atoms with Gasteiger partial charge in [0.15, 0.2) is 5.79 Å². The van der Waals surface area contributed by atoms with Crippen molar-refractivity contribution in [1.82, 2.24) is 0 Å². The Balaban J connectivity index is 1.53. The normalized spacial score (nSPS) is 48.7. The first-order valence-corrected chi connectivity index (χ1v) is 13.2. The Morgan fingerprint density at radius 3 is 2.23 bits per heavy atom. The first kappa shape index (κ1) is 23.1. The highest BCUT2D eigenvalue weighted by atomic mass is 16.5. The van der Waals surface area contributed by atoms with E-state index in [1.54, 1.807) is 0 Å². The highest BCUT2D eigenvalue weighted by Gasteiger charge is 2.67. The van der Waals surface area contributed by atoms with Gasteiger partial charge in [0.2, 0.25) is 0 Å². The van der Waals surface area contributed by atoms with Gasteiger partial charge in [-0.3, -0.25) is 0 Å². The van der Waals surface area contributed by atoms with E-state index in [4.69, 9.17) is 0 Å². The van der Waals surface area contributed by atoms with Crippen LogP contribution in [0.2, 0.25) is 0 Å². The monoisotopic (exact) mass is 420 g/mol. The lowest BCUT2D eigenvalue weighted by molar-refractivity contribution is -0.349. The quantitative estimate of drug-likeness (QED) is 0.496. The summed E-state index contributed by atoms with van der Waals surface area (Å²) in [6.07, 6.45) is 11.9. The predicted octanol–water partition coefficient (Wildman–Crippen LogP) is 5.76. The van der Waals surface area contributed by atoms with Gasteiger partial charge < -0.3 is 15.3 Å². The van der Waals surface area contributed by atoms with E-state index in [1.165, 1.54) is 44.9 Å². The molecule has 2 unspecified atom stereocenters. The molecule has 9 atom stereocenters. The van der Waals surface area contributed by atoms with Crippen LogP contribution in [0.5, 0.6) is 0 Å². The molecule has 0 amide bonds.